The minimum Gasteiger partial charge on any atom is -0.423 e. The second kappa shape index (κ2) is 5.81. The van der Waals surface area contributed by atoms with Gasteiger partial charge >= 0.3 is 7.12 Å². The summed E-state index contributed by atoms with van der Waals surface area (Å²) >= 11 is 0. The molecule has 0 amide bonds. The van der Waals surface area contributed by atoms with Crippen LogP contribution in [0.5, 0.6) is 0 Å². The van der Waals surface area contributed by atoms with E-state index in [2.05, 4.69) is 10.5 Å². The molecule has 6 N–H and O–H groups in total. The lowest BCUT2D eigenvalue weighted by Gasteiger charge is -2.07. The first-order chi connectivity index (χ1) is 8.45. The van der Waals surface area contributed by atoms with Crippen LogP contribution in [0.25, 0.3) is 0 Å². The van der Waals surface area contributed by atoms with Crippen LogP contribution in [0.3, 0.4) is 0 Å². The molecule has 1 rings (SSSR count). The van der Waals surface area contributed by atoms with E-state index in [1.807, 2.05) is 0 Å². The van der Waals surface area contributed by atoms with Gasteiger partial charge in [0.1, 0.15) is 6.07 Å². The van der Waals surface area contributed by atoms with Crippen molar-refractivity contribution >= 4 is 29.8 Å². The number of nitrogens with zero attached hydrogens (tertiary/aromatic N) is 2. The molecule has 8 heteroatoms. The molecule has 0 aliphatic heterocycles. The molecule has 0 spiro atoms. The van der Waals surface area contributed by atoms with Gasteiger partial charge in [-0.1, -0.05) is 11.6 Å². The molecule has 0 atom stereocenters. The van der Waals surface area contributed by atoms with Gasteiger partial charge in [0.25, 0.3) is 0 Å². The SMILES string of the molecule is Cc1ccc(N/N=C(\C#N)C(=N)N)cc1B(O)O. The van der Waals surface area contributed by atoms with E-state index in [9.17, 15) is 0 Å². The zero-order valence-corrected chi connectivity index (χ0v) is 9.68. The zero-order valence-electron chi connectivity index (χ0n) is 9.68. The molecule has 0 aliphatic carbocycles. The van der Waals surface area contributed by atoms with Gasteiger partial charge in [0.15, 0.2) is 5.84 Å². The topological polar surface area (TPSA) is 139 Å². The van der Waals surface area contributed by atoms with Gasteiger partial charge in [0.2, 0.25) is 5.71 Å². The van der Waals surface area contributed by atoms with Gasteiger partial charge in [-0.2, -0.15) is 10.4 Å². The minimum absolute atomic E-state index is 0.248. The highest BCUT2D eigenvalue weighted by Crippen LogP contribution is 2.07. The second-order valence-corrected chi connectivity index (χ2v) is 3.54. The molecule has 0 saturated carbocycles. The van der Waals surface area contributed by atoms with E-state index in [1.54, 1.807) is 25.1 Å². The smallest absolute Gasteiger partial charge is 0.423 e. The predicted octanol–water partition coefficient (Wildman–Crippen LogP) is -1.10. The Balaban J connectivity index is 2.97. The molecule has 0 aliphatic rings. The fourth-order valence-electron chi connectivity index (χ4n) is 1.25. The molecular weight excluding hydrogens is 233 g/mol. The molecule has 0 saturated heterocycles. The Morgan fingerprint density at radius 1 is 1.56 bits per heavy atom. The molecule has 0 bridgehead atoms. The summed E-state index contributed by atoms with van der Waals surface area (Å²) in [5, 5.41) is 37.6. The first-order valence-electron chi connectivity index (χ1n) is 5.00. The first-order valence-corrected chi connectivity index (χ1v) is 5.00. The van der Waals surface area contributed by atoms with E-state index in [0.29, 0.717) is 16.7 Å². The van der Waals surface area contributed by atoms with Crippen LogP contribution in [0, 0.1) is 23.7 Å². The summed E-state index contributed by atoms with van der Waals surface area (Å²) in [6.07, 6.45) is 0. The first kappa shape index (κ1) is 13.7. The van der Waals surface area contributed by atoms with E-state index >= 15 is 0 Å². The number of anilines is 1. The second-order valence-electron chi connectivity index (χ2n) is 3.54. The molecule has 92 valence electrons. The third-order valence-corrected chi connectivity index (χ3v) is 2.22. The number of hydrogen-bond acceptors (Lipinski definition) is 6. The Hall–Kier alpha value is -2.37. The van der Waals surface area contributed by atoms with Crippen LogP contribution in [0.1, 0.15) is 5.56 Å². The summed E-state index contributed by atoms with van der Waals surface area (Å²) < 4.78 is 0. The number of rotatable bonds is 4. The Morgan fingerprint density at radius 3 is 2.72 bits per heavy atom. The van der Waals surface area contributed by atoms with Crippen molar-refractivity contribution in [1.82, 2.24) is 0 Å². The summed E-state index contributed by atoms with van der Waals surface area (Å²) in [5.74, 6) is -0.445. The predicted molar refractivity (Wildman–Crippen MR) is 69.6 cm³/mol. The molecule has 0 heterocycles. The van der Waals surface area contributed by atoms with Gasteiger partial charge in [0, 0.05) is 0 Å². The van der Waals surface area contributed by atoms with Crippen LogP contribution in [0.2, 0.25) is 0 Å². The van der Waals surface area contributed by atoms with Crippen LogP contribution < -0.4 is 16.6 Å². The highest BCUT2D eigenvalue weighted by molar-refractivity contribution is 6.59. The number of nitrogens with two attached hydrogens (primary N) is 1. The lowest BCUT2D eigenvalue weighted by Crippen LogP contribution is -2.32. The quantitative estimate of drug-likeness (QED) is 0.198. The van der Waals surface area contributed by atoms with Crippen molar-refractivity contribution in [3.8, 4) is 6.07 Å². The van der Waals surface area contributed by atoms with Crippen LogP contribution >= 0.6 is 0 Å². The van der Waals surface area contributed by atoms with Crippen LogP contribution in [0.4, 0.5) is 5.69 Å². The van der Waals surface area contributed by atoms with Gasteiger partial charge in [-0.15, -0.1) is 0 Å². The van der Waals surface area contributed by atoms with E-state index < -0.39 is 13.0 Å². The molecular formula is C10H12BN5O2. The summed E-state index contributed by atoms with van der Waals surface area (Å²) in [5.41, 5.74) is 8.90. The summed E-state index contributed by atoms with van der Waals surface area (Å²) in [7, 11) is -1.58. The Labute approximate surface area is 104 Å². The monoisotopic (exact) mass is 245 g/mol. The van der Waals surface area contributed by atoms with Crippen molar-refractivity contribution in [2.75, 3.05) is 5.43 Å². The maximum Gasteiger partial charge on any atom is 0.488 e. The van der Waals surface area contributed by atoms with Crippen molar-refractivity contribution in [2.24, 2.45) is 10.8 Å². The number of hydrazone groups is 1. The molecule has 18 heavy (non-hydrogen) atoms. The Morgan fingerprint density at radius 2 is 2.22 bits per heavy atom. The van der Waals surface area contributed by atoms with Crippen molar-refractivity contribution in [3.05, 3.63) is 23.8 Å². The highest BCUT2D eigenvalue weighted by Gasteiger charge is 2.14. The maximum absolute atomic E-state index is 9.13. The molecule has 0 radical (unpaired) electrons. The third kappa shape index (κ3) is 3.31. The Kier molecular flexibility index (Phi) is 4.42. The van der Waals surface area contributed by atoms with Gasteiger partial charge < -0.3 is 15.8 Å². The highest BCUT2D eigenvalue weighted by atomic mass is 16.4. The molecule has 0 unspecified atom stereocenters. The van der Waals surface area contributed by atoms with Gasteiger partial charge in [0.05, 0.1) is 5.69 Å². The van der Waals surface area contributed by atoms with Crippen LogP contribution in [0.15, 0.2) is 23.3 Å². The molecule has 1 aromatic rings. The lowest BCUT2D eigenvalue weighted by atomic mass is 9.77. The number of amidine groups is 1. The number of nitrogens with one attached hydrogen (secondary N) is 2. The van der Waals surface area contributed by atoms with Crippen LogP contribution in [-0.4, -0.2) is 28.7 Å². The molecule has 1 aromatic carbocycles. The van der Waals surface area contributed by atoms with Crippen molar-refractivity contribution in [1.29, 1.82) is 10.7 Å². The van der Waals surface area contributed by atoms with Crippen LogP contribution in [-0.2, 0) is 0 Å². The molecule has 0 aromatic heterocycles. The van der Waals surface area contributed by atoms with E-state index in [1.165, 1.54) is 6.07 Å². The van der Waals surface area contributed by atoms with Crippen molar-refractivity contribution in [2.45, 2.75) is 6.92 Å². The molecule has 0 fully saturated rings. The largest absolute Gasteiger partial charge is 0.488 e. The lowest BCUT2D eigenvalue weighted by molar-refractivity contribution is 0.425. The average molecular weight is 245 g/mol. The fourth-order valence-corrected chi connectivity index (χ4v) is 1.25. The van der Waals surface area contributed by atoms with E-state index in [4.69, 9.17) is 26.5 Å². The number of aryl methyl sites for hydroxylation is 1. The minimum atomic E-state index is -1.58. The van der Waals surface area contributed by atoms with Gasteiger partial charge in [-0.25, -0.2) is 0 Å². The normalized spacial score (nSPS) is 10.7. The fraction of sp³-hybridized carbons (Fsp3) is 0.100. The average Bonchev–Trinajstić information content (AvgIpc) is 2.31. The van der Waals surface area contributed by atoms with Crippen molar-refractivity contribution < 1.29 is 10.0 Å². The number of hydrogen-bond donors (Lipinski definition) is 5. The standard InChI is InChI=1S/C10H12BN5O2/c1-6-2-3-7(4-8(6)11(17)18)15-16-9(5-12)10(13)14/h2-4,15,17-18H,1H3,(H3,13,14)/b16-9+. The molecule has 7 nitrogen and oxygen atoms in total. The Bertz CT molecular complexity index is 536. The van der Waals surface area contributed by atoms with E-state index in [-0.39, 0.29) is 5.71 Å². The van der Waals surface area contributed by atoms with Gasteiger partial charge in [-0.05, 0) is 24.5 Å². The summed E-state index contributed by atoms with van der Waals surface area (Å²) in [6.45, 7) is 1.73. The van der Waals surface area contributed by atoms with Crippen molar-refractivity contribution in [3.63, 3.8) is 0 Å². The summed E-state index contributed by atoms with van der Waals surface area (Å²) in [6, 6.07) is 6.47. The summed E-state index contributed by atoms with van der Waals surface area (Å²) in [4.78, 5) is 0. The third-order valence-electron chi connectivity index (χ3n) is 2.22. The maximum atomic E-state index is 9.13. The zero-order chi connectivity index (χ0) is 13.7. The van der Waals surface area contributed by atoms with Gasteiger partial charge in [-0.3, -0.25) is 10.8 Å². The number of nitriles is 1. The van der Waals surface area contributed by atoms with E-state index in [0.717, 1.165) is 0 Å². The number of benzene rings is 1.